The topological polar surface area (TPSA) is 109 Å². The minimum atomic E-state index is -3.53. The van der Waals surface area contributed by atoms with Gasteiger partial charge in [-0.25, -0.2) is 18.1 Å². The lowest BCUT2D eigenvalue weighted by molar-refractivity contribution is 0.114. The molecule has 2 aliphatic rings. The fraction of sp³-hybridized carbons (Fsp3) is 0.650. The van der Waals surface area contributed by atoms with Crippen LogP contribution in [-0.2, 0) is 21.3 Å². The molecule has 3 rings (SSSR count). The monoisotopic (exact) mass is 423 g/mol. The second kappa shape index (κ2) is 10.4. The number of hydrogen-bond donors (Lipinski definition) is 3. The first-order valence-corrected chi connectivity index (χ1v) is 11.9. The summed E-state index contributed by atoms with van der Waals surface area (Å²) in [5.74, 6) is 0.419. The maximum Gasteiger partial charge on any atom is 0.240 e. The lowest BCUT2D eigenvalue weighted by Gasteiger charge is -2.23. The summed E-state index contributed by atoms with van der Waals surface area (Å²) in [5.41, 5.74) is 6.89. The molecule has 0 spiro atoms. The number of sulfonamides is 1. The minimum absolute atomic E-state index is 0.0255. The normalized spacial score (nSPS) is 23.6. The second-order valence-corrected chi connectivity index (χ2v) is 9.40. The Kier molecular flexibility index (Phi) is 7.88. The fourth-order valence-electron chi connectivity index (χ4n) is 3.86. The first-order chi connectivity index (χ1) is 14.0. The highest BCUT2D eigenvalue weighted by atomic mass is 32.2. The summed E-state index contributed by atoms with van der Waals surface area (Å²) in [5, 5.41) is 3.21. The number of hydrogen-bond acceptors (Lipinski definition) is 5. The van der Waals surface area contributed by atoms with E-state index in [1.807, 2.05) is 0 Å². The Morgan fingerprint density at radius 2 is 2.03 bits per heavy atom. The zero-order chi connectivity index (χ0) is 20.7. The van der Waals surface area contributed by atoms with Gasteiger partial charge in [-0.3, -0.25) is 4.90 Å². The van der Waals surface area contributed by atoms with Crippen LogP contribution >= 0.6 is 0 Å². The van der Waals surface area contributed by atoms with Crippen molar-refractivity contribution in [2.45, 2.75) is 56.2 Å². The number of benzene rings is 1. The van der Waals surface area contributed by atoms with Crippen molar-refractivity contribution in [2.24, 2.45) is 10.7 Å². The lowest BCUT2D eigenvalue weighted by atomic mass is 10.2. The number of guanidine groups is 1. The van der Waals surface area contributed by atoms with Crippen LogP contribution in [0.1, 0.15) is 38.2 Å². The number of likely N-dealkylation sites (N-methyl/N-ethyl adjacent to an activating group) is 1. The molecule has 2 fully saturated rings. The molecule has 0 aliphatic carbocycles. The van der Waals surface area contributed by atoms with Crippen LogP contribution in [-0.4, -0.2) is 64.2 Å². The van der Waals surface area contributed by atoms with Crippen LogP contribution in [0.3, 0.4) is 0 Å². The Balaban J connectivity index is 1.47. The van der Waals surface area contributed by atoms with Gasteiger partial charge in [0.1, 0.15) is 0 Å². The van der Waals surface area contributed by atoms with Gasteiger partial charge in [0, 0.05) is 25.7 Å². The number of aliphatic imine (C=N–C) groups is 1. The summed E-state index contributed by atoms with van der Waals surface area (Å²) in [6.07, 6.45) is 4.27. The van der Waals surface area contributed by atoms with Gasteiger partial charge in [0.15, 0.2) is 5.96 Å². The summed E-state index contributed by atoms with van der Waals surface area (Å²) in [6, 6.07) is 7.26. The predicted octanol–water partition coefficient (Wildman–Crippen LogP) is 1.03. The molecular weight excluding hydrogens is 390 g/mol. The molecule has 162 valence electrons. The summed E-state index contributed by atoms with van der Waals surface area (Å²) in [4.78, 5) is 7.07. The Morgan fingerprint density at radius 1 is 1.24 bits per heavy atom. The Labute approximate surface area is 173 Å². The number of ether oxygens (including phenoxy) is 1. The van der Waals surface area contributed by atoms with Crippen molar-refractivity contribution in [3.8, 4) is 0 Å². The molecule has 0 radical (unpaired) electrons. The van der Waals surface area contributed by atoms with Crippen LogP contribution < -0.4 is 15.8 Å². The molecule has 0 amide bonds. The van der Waals surface area contributed by atoms with Crippen molar-refractivity contribution in [3.05, 3.63) is 29.8 Å². The van der Waals surface area contributed by atoms with E-state index in [9.17, 15) is 8.42 Å². The largest absolute Gasteiger partial charge is 0.377 e. The molecule has 2 atom stereocenters. The molecule has 2 aliphatic heterocycles. The lowest BCUT2D eigenvalue weighted by Crippen LogP contribution is -2.42. The van der Waals surface area contributed by atoms with Crippen molar-refractivity contribution in [2.75, 3.05) is 32.8 Å². The molecule has 1 aromatic carbocycles. The third-order valence-electron chi connectivity index (χ3n) is 5.61. The molecule has 9 heteroatoms. The molecule has 4 N–H and O–H groups in total. The van der Waals surface area contributed by atoms with Crippen LogP contribution in [0.25, 0.3) is 0 Å². The minimum Gasteiger partial charge on any atom is -0.377 e. The van der Waals surface area contributed by atoms with Gasteiger partial charge in [0.05, 0.1) is 17.5 Å². The van der Waals surface area contributed by atoms with Gasteiger partial charge in [-0.15, -0.1) is 0 Å². The van der Waals surface area contributed by atoms with Gasteiger partial charge in [-0.05, 0) is 56.5 Å². The van der Waals surface area contributed by atoms with E-state index in [1.165, 1.54) is 12.8 Å². The number of nitrogens with two attached hydrogens (primary N) is 1. The third kappa shape index (κ3) is 6.40. The summed E-state index contributed by atoms with van der Waals surface area (Å²) < 4.78 is 32.9. The highest BCUT2D eigenvalue weighted by Gasteiger charge is 2.22. The number of nitrogens with one attached hydrogen (secondary N) is 2. The zero-order valence-corrected chi connectivity index (χ0v) is 18.0. The number of nitrogens with zero attached hydrogens (tertiary/aromatic N) is 2. The fourth-order valence-corrected chi connectivity index (χ4v) is 4.93. The maximum absolute atomic E-state index is 12.4. The van der Waals surface area contributed by atoms with E-state index < -0.39 is 10.0 Å². The molecule has 2 heterocycles. The number of likely N-dealkylation sites (tertiary alicyclic amines) is 1. The second-order valence-electron chi connectivity index (χ2n) is 7.64. The SMILES string of the molecule is CCN1CCCC1CNC(N)=NCc1ccc(S(=O)(=O)NCC2CCCO2)cc1. The van der Waals surface area contributed by atoms with Crippen LogP contribution in [0.15, 0.2) is 34.2 Å². The van der Waals surface area contributed by atoms with Gasteiger partial charge >= 0.3 is 0 Å². The van der Waals surface area contributed by atoms with E-state index >= 15 is 0 Å². The van der Waals surface area contributed by atoms with E-state index in [4.69, 9.17) is 10.5 Å². The van der Waals surface area contributed by atoms with Crippen LogP contribution in [0.5, 0.6) is 0 Å². The van der Waals surface area contributed by atoms with Gasteiger partial charge in [-0.1, -0.05) is 19.1 Å². The van der Waals surface area contributed by atoms with Gasteiger partial charge in [-0.2, -0.15) is 0 Å². The van der Waals surface area contributed by atoms with Crippen molar-refractivity contribution in [3.63, 3.8) is 0 Å². The van der Waals surface area contributed by atoms with Crippen molar-refractivity contribution < 1.29 is 13.2 Å². The molecule has 0 saturated carbocycles. The van der Waals surface area contributed by atoms with Crippen molar-refractivity contribution in [1.82, 2.24) is 14.9 Å². The maximum atomic E-state index is 12.4. The van der Waals surface area contributed by atoms with Crippen LogP contribution in [0.4, 0.5) is 0 Å². The van der Waals surface area contributed by atoms with E-state index in [-0.39, 0.29) is 11.0 Å². The zero-order valence-electron chi connectivity index (χ0n) is 17.1. The van der Waals surface area contributed by atoms with Crippen molar-refractivity contribution in [1.29, 1.82) is 0 Å². The van der Waals surface area contributed by atoms with Gasteiger partial charge < -0.3 is 15.8 Å². The Bertz CT molecular complexity index is 776. The van der Waals surface area contributed by atoms with Crippen LogP contribution in [0, 0.1) is 0 Å². The first kappa shape index (κ1) is 22.0. The molecular formula is C20H33N5O3S. The molecule has 29 heavy (non-hydrogen) atoms. The summed E-state index contributed by atoms with van der Waals surface area (Å²) in [6.45, 7) is 6.61. The third-order valence-corrected chi connectivity index (χ3v) is 7.05. The van der Waals surface area contributed by atoms with E-state index in [1.54, 1.807) is 24.3 Å². The Hall–Kier alpha value is -1.68. The van der Waals surface area contributed by atoms with Crippen molar-refractivity contribution >= 4 is 16.0 Å². The average molecular weight is 424 g/mol. The molecule has 0 bridgehead atoms. The molecule has 8 nitrogen and oxygen atoms in total. The van der Waals surface area contributed by atoms with E-state index in [0.29, 0.717) is 31.7 Å². The van der Waals surface area contributed by atoms with E-state index in [2.05, 4.69) is 26.9 Å². The van der Waals surface area contributed by atoms with Gasteiger partial charge in [0.25, 0.3) is 0 Å². The summed E-state index contributed by atoms with van der Waals surface area (Å²) >= 11 is 0. The summed E-state index contributed by atoms with van der Waals surface area (Å²) in [7, 11) is -3.53. The number of rotatable bonds is 9. The predicted molar refractivity (Wildman–Crippen MR) is 114 cm³/mol. The van der Waals surface area contributed by atoms with Gasteiger partial charge in [0.2, 0.25) is 10.0 Å². The quantitative estimate of drug-likeness (QED) is 0.404. The molecule has 2 saturated heterocycles. The van der Waals surface area contributed by atoms with Crippen LogP contribution in [0.2, 0.25) is 0 Å². The molecule has 2 unspecified atom stereocenters. The Morgan fingerprint density at radius 3 is 2.72 bits per heavy atom. The highest BCUT2D eigenvalue weighted by molar-refractivity contribution is 7.89. The highest BCUT2D eigenvalue weighted by Crippen LogP contribution is 2.16. The standard InChI is InChI=1S/C20H33N5O3S/c1-2-25-11-3-5-17(25)14-23-20(21)22-13-16-7-9-19(10-8-16)29(26,27)24-15-18-6-4-12-28-18/h7-10,17-18,24H,2-6,11-15H2,1H3,(H3,21,22,23). The van der Waals surface area contributed by atoms with E-state index in [0.717, 1.165) is 38.0 Å². The molecule has 0 aromatic heterocycles. The smallest absolute Gasteiger partial charge is 0.240 e. The average Bonchev–Trinajstić information content (AvgIpc) is 3.41. The molecule has 1 aromatic rings. The first-order valence-electron chi connectivity index (χ1n) is 10.5.